The van der Waals surface area contributed by atoms with Crippen LogP contribution in [-0.4, -0.2) is 48.6 Å². The van der Waals surface area contributed by atoms with Crippen LogP contribution in [0.5, 0.6) is 17.2 Å². The van der Waals surface area contributed by atoms with Gasteiger partial charge in [0.05, 0.1) is 23.7 Å². The van der Waals surface area contributed by atoms with Crippen LogP contribution in [0.2, 0.25) is 5.02 Å². The largest absolute Gasteiger partial charge is 0.507 e. The van der Waals surface area contributed by atoms with Crippen molar-refractivity contribution in [3.63, 3.8) is 0 Å². The summed E-state index contributed by atoms with van der Waals surface area (Å²) in [6, 6.07) is 9.21. The number of Topliss-reactive ketones (excluding diaryl/α,β-unsaturated/α-hetero) is 1. The van der Waals surface area contributed by atoms with E-state index in [0.717, 1.165) is 0 Å². The van der Waals surface area contributed by atoms with E-state index >= 15 is 0 Å². The molecule has 2 aliphatic rings. The molecule has 7 nitrogen and oxygen atoms in total. The first-order valence-corrected chi connectivity index (χ1v) is 10.4. The van der Waals surface area contributed by atoms with Crippen LogP contribution < -0.4 is 14.2 Å². The molecule has 0 aromatic heterocycles. The third-order valence-corrected chi connectivity index (χ3v) is 5.62. The maximum atomic E-state index is 13.0. The van der Waals surface area contributed by atoms with Crippen LogP contribution in [-0.2, 0) is 9.59 Å². The van der Waals surface area contributed by atoms with Crippen LogP contribution >= 0.6 is 11.6 Å². The summed E-state index contributed by atoms with van der Waals surface area (Å²) in [5, 5.41) is 11.5. The number of hydrogen-bond donors (Lipinski definition) is 1. The van der Waals surface area contributed by atoms with Crippen LogP contribution in [0.4, 0.5) is 0 Å². The number of nitrogens with zero attached hydrogens (tertiary/aromatic N) is 1. The van der Waals surface area contributed by atoms with E-state index in [1.807, 2.05) is 6.92 Å². The number of likely N-dealkylation sites (tertiary alicyclic amines) is 1. The molecule has 8 heteroatoms. The molecule has 162 valence electrons. The van der Waals surface area contributed by atoms with Crippen molar-refractivity contribution >= 4 is 29.1 Å². The molecule has 1 amide bonds. The SMILES string of the molecule is CCCN1C(=O)C(=O)/C(=C(\O)c2ccc(Cl)c(OC)c2)C1c1ccc2c(c1)OCCO2. The van der Waals surface area contributed by atoms with Gasteiger partial charge in [0.2, 0.25) is 0 Å². The summed E-state index contributed by atoms with van der Waals surface area (Å²) in [5.74, 6) is -0.177. The predicted octanol–water partition coefficient (Wildman–Crippen LogP) is 3.95. The number of amides is 1. The summed E-state index contributed by atoms with van der Waals surface area (Å²) in [6.45, 7) is 3.16. The van der Waals surface area contributed by atoms with Gasteiger partial charge in [-0.25, -0.2) is 0 Å². The van der Waals surface area contributed by atoms with E-state index in [1.54, 1.807) is 30.3 Å². The average Bonchev–Trinajstić information content (AvgIpc) is 3.04. The highest BCUT2D eigenvalue weighted by Gasteiger charge is 2.46. The Morgan fingerprint density at radius 2 is 1.90 bits per heavy atom. The van der Waals surface area contributed by atoms with Gasteiger partial charge in [-0.3, -0.25) is 9.59 Å². The predicted molar refractivity (Wildman–Crippen MR) is 115 cm³/mol. The van der Waals surface area contributed by atoms with E-state index in [4.69, 9.17) is 25.8 Å². The number of aliphatic hydroxyl groups is 1. The van der Waals surface area contributed by atoms with Crippen molar-refractivity contribution in [2.45, 2.75) is 19.4 Å². The zero-order chi connectivity index (χ0) is 22.1. The second-order valence-corrected chi connectivity index (χ2v) is 7.65. The average molecular weight is 444 g/mol. The zero-order valence-electron chi connectivity index (χ0n) is 17.2. The van der Waals surface area contributed by atoms with Crippen molar-refractivity contribution in [3.05, 3.63) is 58.1 Å². The normalized spacial score (nSPS) is 19.6. The summed E-state index contributed by atoms with van der Waals surface area (Å²) in [6.07, 6.45) is 0.656. The summed E-state index contributed by atoms with van der Waals surface area (Å²) >= 11 is 6.09. The Labute approximate surface area is 184 Å². The van der Waals surface area contributed by atoms with Gasteiger partial charge < -0.3 is 24.2 Å². The van der Waals surface area contributed by atoms with Crippen LogP contribution in [0.3, 0.4) is 0 Å². The van der Waals surface area contributed by atoms with Gasteiger partial charge >= 0.3 is 0 Å². The van der Waals surface area contributed by atoms with Crippen molar-refractivity contribution in [1.29, 1.82) is 0 Å². The third-order valence-electron chi connectivity index (χ3n) is 5.31. The second-order valence-electron chi connectivity index (χ2n) is 7.24. The van der Waals surface area contributed by atoms with Crippen molar-refractivity contribution in [2.24, 2.45) is 0 Å². The van der Waals surface area contributed by atoms with Crippen molar-refractivity contribution in [3.8, 4) is 17.2 Å². The monoisotopic (exact) mass is 443 g/mol. The quantitative estimate of drug-likeness (QED) is 0.428. The van der Waals surface area contributed by atoms with Gasteiger partial charge in [0, 0.05) is 12.1 Å². The van der Waals surface area contributed by atoms with Crippen LogP contribution in [0.15, 0.2) is 42.0 Å². The lowest BCUT2D eigenvalue weighted by Crippen LogP contribution is -2.30. The summed E-state index contributed by atoms with van der Waals surface area (Å²) in [4.78, 5) is 27.3. The Balaban J connectivity index is 1.87. The number of carbonyl (C=O) groups is 2. The zero-order valence-corrected chi connectivity index (χ0v) is 17.9. The molecule has 31 heavy (non-hydrogen) atoms. The third kappa shape index (κ3) is 3.70. The lowest BCUT2D eigenvalue weighted by atomic mass is 9.94. The van der Waals surface area contributed by atoms with E-state index in [9.17, 15) is 14.7 Å². The minimum atomic E-state index is -0.752. The molecule has 2 heterocycles. The minimum Gasteiger partial charge on any atom is -0.507 e. The van der Waals surface area contributed by atoms with E-state index in [1.165, 1.54) is 18.1 Å². The van der Waals surface area contributed by atoms with Gasteiger partial charge in [0.15, 0.2) is 11.5 Å². The molecular weight excluding hydrogens is 422 g/mol. The fourth-order valence-electron chi connectivity index (χ4n) is 3.89. The molecule has 0 radical (unpaired) electrons. The highest BCUT2D eigenvalue weighted by Crippen LogP contribution is 2.43. The van der Waals surface area contributed by atoms with E-state index < -0.39 is 17.7 Å². The fourth-order valence-corrected chi connectivity index (χ4v) is 4.09. The number of carbonyl (C=O) groups excluding carboxylic acids is 2. The van der Waals surface area contributed by atoms with Crippen molar-refractivity contribution in [2.75, 3.05) is 26.9 Å². The first-order chi connectivity index (χ1) is 15.0. The van der Waals surface area contributed by atoms with Crippen molar-refractivity contribution < 1.29 is 28.9 Å². The number of aliphatic hydroxyl groups excluding tert-OH is 1. The number of ether oxygens (including phenoxy) is 3. The second kappa shape index (κ2) is 8.51. The Kier molecular flexibility index (Phi) is 5.78. The number of methoxy groups -OCH3 is 1. The van der Waals surface area contributed by atoms with E-state index in [-0.39, 0.29) is 11.3 Å². The maximum Gasteiger partial charge on any atom is 0.295 e. The molecule has 1 fully saturated rings. The van der Waals surface area contributed by atoms with Gasteiger partial charge in [-0.05, 0) is 42.3 Å². The number of benzene rings is 2. The number of ketones is 1. The Bertz CT molecular complexity index is 1080. The van der Waals surface area contributed by atoms with Crippen LogP contribution in [0, 0.1) is 0 Å². The smallest absolute Gasteiger partial charge is 0.295 e. The molecule has 0 bridgehead atoms. The number of rotatable bonds is 5. The Hall–Kier alpha value is -3.19. The van der Waals surface area contributed by atoms with E-state index in [0.29, 0.717) is 59.6 Å². The molecule has 0 spiro atoms. The molecule has 2 aromatic carbocycles. The molecule has 1 saturated heterocycles. The molecular formula is C23H22ClNO6. The number of halogens is 1. The number of fused-ring (bicyclic) bond motifs is 1. The number of hydrogen-bond acceptors (Lipinski definition) is 6. The summed E-state index contributed by atoms with van der Waals surface area (Å²) in [5.41, 5.74) is 0.997. The van der Waals surface area contributed by atoms with Gasteiger partial charge in [-0.1, -0.05) is 24.6 Å². The molecule has 2 aliphatic heterocycles. The maximum absolute atomic E-state index is 13.0. The van der Waals surface area contributed by atoms with Gasteiger partial charge in [-0.2, -0.15) is 0 Å². The van der Waals surface area contributed by atoms with E-state index in [2.05, 4.69) is 0 Å². The summed E-state index contributed by atoms with van der Waals surface area (Å²) in [7, 11) is 1.46. The first kappa shape index (κ1) is 21.1. The molecule has 0 aliphatic carbocycles. The fraction of sp³-hybridized carbons (Fsp3) is 0.304. The standard InChI is InChI=1S/C23H22ClNO6/c1-3-8-25-20(13-5-7-16-18(11-13)31-10-9-30-16)19(22(27)23(25)28)21(26)14-4-6-15(24)17(12-14)29-2/h4-7,11-12,20,26H,3,8-10H2,1-2H3/b21-19-. The Morgan fingerprint density at radius 3 is 2.61 bits per heavy atom. The molecule has 0 saturated carbocycles. The highest BCUT2D eigenvalue weighted by molar-refractivity contribution is 6.46. The summed E-state index contributed by atoms with van der Waals surface area (Å²) < 4.78 is 16.5. The molecule has 1 unspecified atom stereocenters. The first-order valence-electron chi connectivity index (χ1n) is 9.98. The van der Waals surface area contributed by atoms with Gasteiger partial charge in [0.1, 0.15) is 24.7 Å². The lowest BCUT2D eigenvalue weighted by molar-refractivity contribution is -0.139. The van der Waals surface area contributed by atoms with Crippen LogP contribution in [0.1, 0.15) is 30.5 Å². The Morgan fingerprint density at radius 1 is 1.16 bits per heavy atom. The van der Waals surface area contributed by atoms with Crippen LogP contribution in [0.25, 0.3) is 5.76 Å². The van der Waals surface area contributed by atoms with Gasteiger partial charge in [0.25, 0.3) is 11.7 Å². The van der Waals surface area contributed by atoms with Crippen molar-refractivity contribution in [1.82, 2.24) is 4.90 Å². The topological polar surface area (TPSA) is 85.3 Å². The lowest BCUT2D eigenvalue weighted by Gasteiger charge is -2.26. The highest BCUT2D eigenvalue weighted by atomic mass is 35.5. The van der Waals surface area contributed by atoms with Gasteiger partial charge in [-0.15, -0.1) is 0 Å². The molecule has 4 rings (SSSR count). The minimum absolute atomic E-state index is 0.0134. The molecule has 2 aromatic rings. The molecule has 1 atom stereocenters. The molecule has 1 N–H and O–H groups in total.